The predicted octanol–water partition coefficient (Wildman–Crippen LogP) is 1.64. The quantitative estimate of drug-likeness (QED) is 0.750. The van der Waals surface area contributed by atoms with Crippen molar-refractivity contribution in [1.29, 1.82) is 5.26 Å². The first-order valence-corrected chi connectivity index (χ1v) is 6.53. The highest BCUT2D eigenvalue weighted by atomic mass is 16.5. The number of benzene rings is 1. The molecule has 1 aromatic carbocycles. The number of carbonyl (C=O) groups is 1. The van der Waals surface area contributed by atoms with E-state index in [0.717, 1.165) is 12.8 Å². The SMILES string of the molecule is N#CCCCCOc1cccc(-c2n[nH]nc2C(N)=O)c1. The summed E-state index contributed by atoms with van der Waals surface area (Å²) in [6, 6.07) is 9.29. The van der Waals surface area contributed by atoms with Gasteiger partial charge in [-0.05, 0) is 25.0 Å². The average Bonchev–Trinajstić information content (AvgIpc) is 2.97. The molecule has 0 atom stereocenters. The molecule has 0 aliphatic rings. The van der Waals surface area contributed by atoms with Crippen LogP contribution in [0.2, 0.25) is 0 Å². The molecule has 0 aliphatic carbocycles. The van der Waals surface area contributed by atoms with Gasteiger partial charge in [-0.25, -0.2) is 0 Å². The van der Waals surface area contributed by atoms with Crippen molar-refractivity contribution in [2.45, 2.75) is 19.3 Å². The monoisotopic (exact) mass is 285 g/mol. The Morgan fingerprint density at radius 3 is 3.00 bits per heavy atom. The van der Waals surface area contributed by atoms with Gasteiger partial charge in [0, 0.05) is 12.0 Å². The van der Waals surface area contributed by atoms with E-state index in [1.165, 1.54) is 0 Å². The summed E-state index contributed by atoms with van der Waals surface area (Å²) in [4.78, 5) is 11.3. The normalized spacial score (nSPS) is 10.0. The molecule has 1 aromatic heterocycles. The fourth-order valence-corrected chi connectivity index (χ4v) is 1.83. The number of ether oxygens (including phenoxy) is 1. The highest BCUT2D eigenvalue weighted by molar-refractivity contribution is 5.96. The molecule has 0 spiro atoms. The lowest BCUT2D eigenvalue weighted by Crippen LogP contribution is -2.12. The molecule has 1 amide bonds. The number of nitrogens with zero attached hydrogens (tertiary/aromatic N) is 3. The Hall–Kier alpha value is -2.88. The first-order valence-electron chi connectivity index (χ1n) is 6.53. The van der Waals surface area contributed by atoms with Crippen LogP contribution in [0, 0.1) is 11.3 Å². The lowest BCUT2D eigenvalue weighted by atomic mass is 10.1. The fraction of sp³-hybridized carbons (Fsp3) is 0.286. The third-order valence-electron chi connectivity index (χ3n) is 2.84. The molecule has 0 fully saturated rings. The zero-order valence-electron chi connectivity index (χ0n) is 11.4. The number of hydrogen-bond acceptors (Lipinski definition) is 5. The summed E-state index contributed by atoms with van der Waals surface area (Å²) >= 11 is 0. The molecule has 0 saturated carbocycles. The molecule has 3 N–H and O–H groups in total. The Balaban J connectivity index is 2.06. The minimum atomic E-state index is -0.637. The van der Waals surface area contributed by atoms with Crippen LogP contribution in [0.1, 0.15) is 29.8 Å². The number of rotatable bonds is 7. The number of aromatic amines is 1. The second kappa shape index (κ2) is 7.05. The summed E-state index contributed by atoms with van der Waals surface area (Å²) in [5.41, 5.74) is 6.44. The molecule has 0 aliphatic heterocycles. The highest BCUT2D eigenvalue weighted by Gasteiger charge is 2.15. The zero-order chi connectivity index (χ0) is 15.1. The van der Waals surface area contributed by atoms with Gasteiger partial charge in [-0.3, -0.25) is 4.79 Å². The fourth-order valence-electron chi connectivity index (χ4n) is 1.83. The highest BCUT2D eigenvalue weighted by Crippen LogP contribution is 2.24. The van der Waals surface area contributed by atoms with Gasteiger partial charge in [-0.2, -0.15) is 20.7 Å². The molecule has 0 radical (unpaired) electrons. The molecule has 0 saturated heterocycles. The standard InChI is InChI=1S/C14H15N5O2/c15-7-2-1-3-8-21-11-6-4-5-10(9-11)12-13(14(16)20)18-19-17-12/h4-6,9H,1-3,8H2,(H2,16,20)(H,17,18,19). The summed E-state index contributed by atoms with van der Waals surface area (Å²) in [6.45, 7) is 0.534. The molecule has 108 valence electrons. The third kappa shape index (κ3) is 3.79. The van der Waals surface area contributed by atoms with Gasteiger partial charge < -0.3 is 10.5 Å². The zero-order valence-corrected chi connectivity index (χ0v) is 11.4. The van der Waals surface area contributed by atoms with Crippen LogP contribution < -0.4 is 10.5 Å². The van der Waals surface area contributed by atoms with E-state index >= 15 is 0 Å². The van der Waals surface area contributed by atoms with E-state index < -0.39 is 5.91 Å². The van der Waals surface area contributed by atoms with Crippen molar-refractivity contribution in [3.63, 3.8) is 0 Å². The molecular formula is C14H15N5O2. The van der Waals surface area contributed by atoms with Gasteiger partial charge in [-0.15, -0.1) is 0 Å². The van der Waals surface area contributed by atoms with Crippen molar-refractivity contribution in [2.75, 3.05) is 6.61 Å². The van der Waals surface area contributed by atoms with Crippen LogP contribution in [-0.2, 0) is 0 Å². The van der Waals surface area contributed by atoms with Gasteiger partial charge in [0.1, 0.15) is 11.4 Å². The maximum atomic E-state index is 11.3. The topological polar surface area (TPSA) is 118 Å². The number of amides is 1. The van der Waals surface area contributed by atoms with Gasteiger partial charge in [0.25, 0.3) is 5.91 Å². The van der Waals surface area contributed by atoms with Crippen LogP contribution in [0.5, 0.6) is 5.75 Å². The number of aromatic nitrogens is 3. The number of nitriles is 1. The van der Waals surface area contributed by atoms with Crippen molar-refractivity contribution in [1.82, 2.24) is 15.4 Å². The molecular weight excluding hydrogens is 270 g/mol. The Morgan fingerprint density at radius 2 is 2.24 bits per heavy atom. The number of hydrogen-bond donors (Lipinski definition) is 2. The Labute approximate surface area is 121 Å². The molecule has 7 heteroatoms. The van der Waals surface area contributed by atoms with E-state index in [1.807, 2.05) is 6.07 Å². The number of nitrogens with two attached hydrogens (primary N) is 1. The first kappa shape index (κ1) is 14.5. The van der Waals surface area contributed by atoms with Crippen molar-refractivity contribution in [3.8, 4) is 23.1 Å². The minimum Gasteiger partial charge on any atom is -0.494 e. The van der Waals surface area contributed by atoms with E-state index in [-0.39, 0.29) is 5.69 Å². The summed E-state index contributed by atoms with van der Waals surface area (Å²) in [5.74, 6) is 0.0319. The van der Waals surface area contributed by atoms with Gasteiger partial charge in [0.05, 0.1) is 12.7 Å². The first-order chi connectivity index (χ1) is 10.2. The second-order valence-corrected chi connectivity index (χ2v) is 4.38. The molecule has 2 rings (SSSR count). The Bertz CT molecular complexity index is 659. The largest absolute Gasteiger partial charge is 0.494 e. The van der Waals surface area contributed by atoms with E-state index in [4.69, 9.17) is 15.7 Å². The molecule has 2 aromatic rings. The number of primary amides is 1. The Morgan fingerprint density at radius 1 is 1.38 bits per heavy atom. The molecule has 0 unspecified atom stereocenters. The van der Waals surface area contributed by atoms with Crippen LogP contribution in [-0.4, -0.2) is 27.9 Å². The van der Waals surface area contributed by atoms with Crippen molar-refractivity contribution < 1.29 is 9.53 Å². The summed E-state index contributed by atoms with van der Waals surface area (Å²) in [7, 11) is 0. The lowest BCUT2D eigenvalue weighted by molar-refractivity contribution is 0.0996. The summed E-state index contributed by atoms with van der Waals surface area (Å²) in [6.07, 6.45) is 2.16. The lowest BCUT2D eigenvalue weighted by Gasteiger charge is -2.06. The summed E-state index contributed by atoms with van der Waals surface area (Å²) < 4.78 is 5.61. The van der Waals surface area contributed by atoms with Gasteiger partial charge in [0.2, 0.25) is 0 Å². The number of nitrogens with one attached hydrogen (secondary N) is 1. The van der Waals surface area contributed by atoms with Gasteiger partial charge in [-0.1, -0.05) is 12.1 Å². The minimum absolute atomic E-state index is 0.0983. The molecule has 1 heterocycles. The van der Waals surface area contributed by atoms with E-state index in [9.17, 15) is 4.79 Å². The predicted molar refractivity (Wildman–Crippen MR) is 75.3 cm³/mol. The maximum Gasteiger partial charge on any atom is 0.271 e. The second-order valence-electron chi connectivity index (χ2n) is 4.38. The van der Waals surface area contributed by atoms with Crippen molar-refractivity contribution in [3.05, 3.63) is 30.0 Å². The van der Waals surface area contributed by atoms with E-state index in [2.05, 4.69) is 21.5 Å². The summed E-state index contributed by atoms with van der Waals surface area (Å²) in [5, 5.41) is 18.5. The number of unbranched alkanes of at least 4 members (excludes halogenated alkanes) is 2. The number of H-pyrrole nitrogens is 1. The average molecular weight is 285 g/mol. The van der Waals surface area contributed by atoms with Crippen molar-refractivity contribution in [2.24, 2.45) is 5.73 Å². The van der Waals surface area contributed by atoms with Crippen LogP contribution >= 0.6 is 0 Å². The van der Waals surface area contributed by atoms with Crippen LogP contribution in [0.25, 0.3) is 11.3 Å². The van der Waals surface area contributed by atoms with Crippen LogP contribution in [0.15, 0.2) is 24.3 Å². The third-order valence-corrected chi connectivity index (χ3v) is 2.84. The Kier molecular flexibility index (Phi) is 4.88. The van der Waals surface area contributed by atoms with E-state index in [0.29, 0.717) is 30.0 Å². The van der Waals surface area contributed by atoms with Gasteiger partial charge in [0.15, 0.2) is 5.69 Å². The van der Waals surface area contributed by atoms with Crippen LogP contribution in [0.4, 0.5) is 0 Å². The van der Waals surface area contributed by atoms with E-state index in [1.54, 1.807) is 18.2 Å². The van der Waals surface area contributed by atoms with Gasteiger partial charge >= 0.3 is 0 Å². The van der Waals surface area contributed by atoms with Crippen LogP contribution in [0.3, 0.4) is 0 Å². The number of carbonyl (C=O) groups excluding carboxylic acids is 1. The molecule has 0 bridgehead atoms. The van der Waals surface area contributed by atoms with Crippen molar-refractivity contribution >= 4 is 5.91 Å². The smallest absolute Gasteiger partial charge is 0.271 e. The molecule has 21 heavy (non-hydrogen) atoms. The molecule has 7 nitrogen and oxygen atoms in total. The maximum absolute atomic E-state index is 11.3.